The van der Waals surface area contributed by atoms with E-state index in [0.29, 0.717) is 23.2 Å². The summed E-state index contributed by atoms with van der Waals surface area (Å²) in [5.41, 5.74) is 2.68. The second-order valence-corrected chi connectivity index (χ2v) is 13.0. The number of allylic oxidation sites excluding steroid dienone is 2. The highest BCUT2D eigenvalue weighted by Gasteiger charge is 2.55. The van der Waals surface area contributed by atoms with E-state index in [1.165, 1.54) is 62.7 Å². The predicted molar refractivity (Wildman–Crippen MR) is 133 cm³/mol. The third kappa shape index (κ3) is 4.36. The summed E-state index contributed by atoms with van der Waals surface area (Å²) in [6.45, 7) is 10.1. The Bertz CT molecular complexity index is 695. The lowest BCUT2D eigenvalue weighted by molar-refractivity contribution is -0.253. The minimum atomic E-state index is -1.68. The molecule has 0 aromatic carbocycles. The van der Waals surface area contributed by atoms with Crippen LogP contribution < -0.4 is 0 Å². The van der Waals surface area contributed by atoms with Crippen LogP contribution in [-0.2, 0) is 0 Å². The van der Waals surface area contributed by atoms with Crippen molar-refractivity contribution in [3.05, 3.63) is 11.6 Å². The smallest absolute Gasteiger partial charge is 0.224 e. The summed E-state index contributed by atoms with van der Waals surface area (Å²) in [4.78, 5) is 1.52. The minimum absolute atomic E-state index is 0.370. The lowest BCUT2D eigenvalue weighted by atomic mass is 9.45. The molecule has 3 fully saturated rings. The van der Waals surface area contributed by atoms with Crippen LogP contribution in [0.4, 0.5) is 0 Å². The molecule has 0 heterocycles. The molecule has 0 spiro atoms. The van der Waals surface area contributed by atoms with Gasteiger partial charge in [-0.2, -0.15) is 0 Å². The largest absolute Gasteiger partial charge is 0.353 e. The van der Waals surface area contributed by atoms with Crippen molar-refractivity contribution < 1.29 is 10.2 Å². The summed E-state index contributed by atoms with van der Waals surface area (Å²) in [6, 6.07) is 0. The van der Waals surface area contributed by atoms with Crippen molar-refractivity contribution in [2.45, 2.75) is 111 Å². The SMILES string of the molecule is CCC(CCCC(O)(O)N(C)C)[C@]1(C)CCC2C(CC=C3C[C@@H](C4CC4)CCC32C)C1C. The number of rotatable bonds is 8. The second-order valence-electron chi connectivity index (χ2n) is 13.0. The maximum absolute atomic E-state index is 10.2. The number of fused-ring (bicyclic) bond motifs is 3. The van der Waals surface area contributed by atoms with Gasteiger partial charge in [-0.25, -0.2) is 0 Å². The van der Waals surface area contributed by atoms with Crippen LogP contribution in [0.25, 0.3) is 0 Å². The van der Waals surface area contributed by atoms with E-state index in [2.05, 4.69) is 33.8 Å². The Hall–Kier alpha value is -0.380. The third-order valence-electron chi connectivity index (χ3n) is 11.4. The van der Waals surface area contributed by atoms with E-state index in [1.807, 2.05) is 5.57 Å². The molecule has 7 atom stereocenters. The first-order chi connectivity index (χ1) is 15.0. The molecule has 0 aromatic heterocycles. The molecule has 5 unspecified atom stereocenters. The Kier molecular flexibility index (Phi) is 6.96. The standard InChI is InChI=1S/C29H51NO2/c1-7-23(9-8-16-29(31,32)30(5)6)27(3)18-15-26-25(20(27)2)13-12-24-19-22(21-10-11-21)14-17-28(24,26)4/h12,20-23,25-26,31-32H,7-11,13-19H2,1-6H3/t20?,22-,23?,25?,26?,27+,28?/m0/s1. The van der Waals surface area contributed by atoms with Crippen LogP contribution in [-0.4, -0.2) is 35.1 Å². The highest BCUT2D eigenvalue weighted by molar-refractivity contribution is 5.25. The van der Waals surface area contributed by atoms with Gasteiger partial charge in [0, 0.05) is 6.42 Å². The van der Waals surface area contributed by atoms with Gasteiger partial charge in [-0.1, -0.05) is 45.8 Å². The normalized spacial score (nSPS) is 41.1. The average molecular weight is 446 g/mol. The molecule has 4 rings (SSSR count). The van der Waals surface area contributed by atoms with Gasteiger partial charge in [0.2, 0.25) is 5.91 Å². The van der Waals surface area contributed by atoms with Crippen molar-refractivity contribution in [1.82, 2.24) is 4.90 Å². The summed E-state index contributed by atoms with van der Waals surface area (Å²) in [5.74, 6) is 3.48. The molecule has 4 aliphatic rings. The van der Waals surface area contributed by atoms with Gasteiger partial charge in [-0.15, -0.1) is 0 Å². The summed E-state index contributed by atoms with van der Waals surface area (Å²) < 4.78 is 0. The van der Waals surface area contributed by atoms with Crippen molar-refractivity contribution >= 4 is 0 Å². The highest BCUT2D eigenvalue weighted by atomic mass is 16.5. The zero-order chi connectivity index (χ0) is 23.3. The van der Waals surface area contributed by atoms with Crippen molar-refractivity contribution in [2.75, 3.05) is 14.1 Å². The fourth-order valence-electron chi connectivity index (χ4n) is 8.54. The fraction of sp³-hybridized carbons (Fsp3) is 0.931. The van der Waals surface area contributed by atoms with Crippen LogP contribution >= 0.6 is 0 Å². The van der Waals surface area contributed by atoms with E-state index < -0.39 is 5.91 Å². The number of hydrogen-bond acceptors (Lipinski definition) is 3. The van der Waals surface area contributed by atoms with Crippen molar-refractivity contribution in [1.29, 1.82) is 0 Å². The van der Waals surface area contributed by atoms with Crippen LogP contribution in [0.3, 0.4) is 0 Å². The van der Waals surface area contributed by atoms with Gasteiger partial charge >= 0.3 is 0 Å². The molecule has 0 saturated heterocycles. The van der Waals surface area contributed by atoms with Crippen LogP contribution in [0, 0.1) is 46.3 Å². The molecule has 0 radical (unpaired) electrons. The Morgan fingerprint density at radius 1 is 1.09 bits per heavy atom. The van der Waals surface area contributed by atoms with Crippen LogP contribution in [0.1, 0.15) is 105 Å². The maximum Gasteiger partial charge on any atom is 0.224 e. The Morgan fingerprint density at radius 3 is 2.44 bits per heavy atom. The molecule has 3 nitrogen and oxygen atoms in total. The second kappa shape index (κ2) is 9.00. The lowest BCUT2D eigenvalue weighted by Gasteiger charge is -2.60. The Balaban J connectivity index is 1.44. The molecule has 3 saturated carbocycles. The minimum Gasteiger partial charge on any atom is -0.353 e. The van der Waals surface area contributed by atoms with Gasteiger partial charge in [0.05, 0.1) is 0 Å². The van der Waals surface area contributed by atoms with Crippen molar-refractivity contribution in [3.63, 3.8) is 0 Å². The first-order valence-corrected chi connectivity index (χ1v) is 13.8. The average Bonchev–Trinajstić information content (AvgIpc) is 3.58. The summed E-state index contributed by atoms with van der Waals surface area (Å²) in [6.07, 6.45) is 17.7. The quantitative estimate of drug-likeness (QED) is 0.327. The van der Waals surface area contributed by atoms with E-state index in [0.717, 1.165) is 42.4 Å². The van der Waals surface area contributed by atoms with E-state index in [4.69, 9.17) is 0 Å². The van der Waals surface area contributed by atoms with Gasteiger partial charge in [-0.05, 0) is 125 Å². The Labute approximate surface area is 198 Å². The first kappa shape index (κ1) is 24.7. The van der Waals surface area contributed by atoms with Gasteiger partial charge in [0.25, 0.3) is 0 Å². The topological polar surface area (TPSA) is 43.7 Å². The van der Waals surface area contributed by atoms with Gasteiger partial charge in [0.15, 0.2) is 0 Å². The molecule has 2 N–H and O–H groups in total. The van der Waals surface area contributed by atoms with Crippen LogP contribution in [0.15, 0.2) is 11.6 Å². The highest BCUT2D eigenvalue weighted by Crippen LogP contribution is 2.64. The fourth-order valence-corrected chi connectivity index (χ4v) is 8.54. The molecule has 0 aliphatic heterocycles. The molecule has 0 aromatic rings. The Morgan fingerprint density at radius 2 is 1.81 bits per heavy atom. The molecule has 184 valence electrons. The van der Waals surface area contributed by atoms with Gasteiger partial charge in [-0.3, -0.25) is 4.90 Å². The van der Waals surface area contributed by atoms with Crippen LogP contribution in [0.2, 0.25) is 0 Å². The van der Waals surface area contributed by atoms with Crippen LogP contribution in [0.5, 0.6) is 0 Å². The summed E-state index contributed by atoms with van der Waals surface area (Å²) >= 11 is 0. The number of aliphatic hydroxyl groups is 2. The van der Waals surface area contributed by atoms with E-state index in [-0.39, 0.29) is 0 Å². The van der Waals surface area contributed by atoms with E-state index in [9.17, 15) is 10.2 Å². The molecular formula is C29H51NO2. The van der Waals surface area contributed by atoms with Crippen molar-refractivity contribution in [3.8, 4) is 0 Å². The molecule has 0 amide bonds. The maximum atomic E-state index is 10.2. The summed E-state index contributed by atoms with van der Waals surface area (Å²) in [7, 11) is 3.48. The molecule has 32 heavy (non-hydrogen) atoms. The van der Waals surface area contributed by atoms with E-state index in [1.54, 1.807) is 14.1 Å². The van der Waals surface area contributed by atoms with E-state index >= 15 is 0 Å². The predicted octanol–water partition coefficient (Wildman–Crippen LogP) is 6.60. The molecular weight excluding hydrogens is 394 g/mol. The molecule has 3 heteroatoms. The monoisotopic (exact) mass is 445 g/mol. The third-order valence-corrected chi connectivity index (χ3v) is 11.4. The molecule has 0 bridgehead atoms. The first-order valence-electron chi connectivity index (χ1n) is 13.8. The number of hydrogen-bond donors (Lipinski definition) is 2. The zero-order valence-corrected chi connectivity index (χ0v) is 21.9. The lowest BCUT2D eigenvalue weighted by Crippen LogP contribution is -2.51. The van der Waals surface area contributed by atoms with Gasteiger partial charge < -0.3 is 10.2 Å². The number of nitrogens with zero attached hydrogens (tertiary/aromatic N) is 1. The summed E-state index contributed by atoms with van der Waals surface area (Å²) in [5, 5.41) is 20.5. The van der Waals surface area contributed by atoms with Crippen molar-refractivity contribution in [2.24, 2.45) is 46.3 Å². The van der Waals surface area contributed by atoms with Gasteiger partial charge in [0.1, 0.15) is 0 Å². The zero-order valence-electron chi connectivity index (χ0n) is 21.9. The molecule has 4 aliphatic carbocycles.